The third kappa shape index (κ3) is 2.94. The summed E-state index contributed by atoms with van der Waals surface area (Å²) in [6.07, 6.45) is 0. The Morgan fingerprint density at radius 1 is 1.33 bits per heavy atom. The molecule has 0 aliphatic carbocycles. The zero-order chi connectivity index (χ0) is 15.6. The maximum absolute atomic E-state index is 13.9. The van der Waals surface area contributed by atoms with Gasteiger partial charge in [0.05, 0.1) is 11.3 Å². The highest BCUT2D eigenvalue weighted by Gasteiger charge is 2.15. The molecule has 0 saturated heterocycles. The quantitative estimate of drug-likeness (QED) is 0.905. The first-order valence-electron chi connectivity index (χ1n) is 6.51. The summed E-state index contributed by atoms with van der Waals surface area (Å²) in [6.45, 7) is 3.85. The number of nitrogens with zero attached hydrogens (tertiary/aromatic N) is 1. The van der Waals surface area contributed by atoms with Crippen molar-refractivity contribution in [2.24, 2.45) is 5.73 Å². The molecule has 0 radical (unpaired) electrons. The predicted molar refractivity (Wildman–Crippen MR) is 79.3 cm³/mol. The van der Waals surface area contributed by atoms with Gasteiger partial charge in [-0.3, -0.25) is 14.2 Å². The molecule has 3 N–H and O–H groups in total. The highest BCUT2D eigenvalue weighted by molar-refractivity contribution is 5.98. The third-order valence-electron chi connectivity index (χ3n) is 3.14. The highest BCUT2D eigenvalue weighted by atomic mass is 19.1. The molecule has 0 spiro atoms. The molecule has 0 unspecified atom stereocenters. The van der Waals surface area contributed by atoms with Crippen LogP contribution in [0.3, 0.4) is 0 Å². The second-order valence-corrected chi connectivity index (χ2v) is 4.65. The normalized spacial score (nSPS) is 10.4. The van der Waals surface area contributed by atoms with Crippen LogP contribution in [0, 0.1) is 12.7 Å². The van der Waals surface area contributed by atoms with Gasteiger partial charge in [0.1, 0.15) is 11.6 Å². The molecule has 2 rings (SSSR count). The number of nitrogens with one attached hydrogen (secondary N) is 1. The van der Waals surface area contributed by atoms with Gasteiger partial charge in [0.25, 0.3) is 11.5 Å². The van der Waals surface area contributed by atoms with Crippen LogP contribution in [0.5, 0.6) is 0 Å². The number of anilines is 2. The molecule has 21 heavy (non-hydrogen) atoms. The maximum Gasteiger partial charge on any atom is 0.252 e. The molecule has 2 aromatic rings. The molecule has 5 nitrogen and oxygen atoms in total. The Balaban J connectivity index is 2.59. The van der Waals surface area contributed by atoms with Crippen molar-refractivity contribution in [1.29, 1.82) is 0 Å². The Kier molecular flexibility index (Phi) is 4.07. The van der Waals surface area contributed by atoms with Crippen molar-refractivity contribution >= 4 is 17.4 Å². The summed E-state index contributed by atoms with van der Waals surface area (Å²) < 4.78 is 15.3. The number of hydrogen-bond donors (Lipinski definition) is 2. The van der Waals surface area contributed by atoms with Gasteiger partial charge in [-0.25, -0.2) is 4.39 Å². The van der Waals surface area contributed by atoms with Gasteiger partial charge in [-0.2, -0.15) is 0 Å². The Labute approximate surface area is 121 Å². The average molecular weight is 289 g/mol. The summed E-state index contributed by atoms with van der Waals surface area (Å²) in [6, 6.07) is 7.24. The van der Waals surface area contributed by atoms with E-state index in [2.05, 4.69) is 5.32 Å². The first-order chi connectivity index (χ1) is 9.93. The SMILES string of the molecule is CCn1c(Nc2ccc(C)cc2F)c(C(N)=O)ccc1=O. The topological polar surface area (TPSA) is 77.1 Å². The van der Waals surface area contributed by atoms with Gasteiger partial charge in [-0.1, -0.05) is 6.07 Å². The van der Waals surface area contributed by atoms with Crippen molar-refractivity contribution in [1.82, 2.24) is 4.57 Å². The van der Waals surface area contributed by atoms with E-state index in [0.29, 0.717) is 6.54 Å². The second-order valence-electron chi connectivity index (χ2n) is 4.65. The van der Waals surface area contributed by atoms with E-state index in [0.717, 1.165) is 5.56 Å². The number of primary amides is 1. The molecule has 0 saturated carbocycles. The molecule has 0 atom stereocenters. The zero-order valence-corrected chi connectivity index (χ0v) is 11.8. The molecule has 1 amide bonds. The summed E-state index contributed by atoms with van der Waals surface area (Å²) in [7, 11) is 0. The van der Waals surface area contributed by atoms with Crippen molar-refractivity contribution in [3.8, 4) is 0 Å². The Morgan fingerprint density at radius 2 is 2.05 bits per heavy atom. The highest BCUT2D eigenvalue weighted by Crippen LogP contribution is 2.23. The summed E-state index contributed by atoms with van der Waals surface area (Å²) in [4.78, 5) is 23.4. The molecular formula is C15H16FN3O2. The Morgan fingerprint density at radius 3 is 2.62 bits per heavy atom. The fourth-order valence-corrected chi connectivity index (χ4v) is 2.08. The molecule has 110 valence electrons. The van der Waals surface area contributed by atoms with E-state index < -0.39 is 11.7 Å². The van der Waals surface area contributed by atoms with E-state index in [1.54, 1.807) is 26.0 Å². The Bertz CT molecular complexity index is 753. The van der Waals surface area contributed by atoms with Crippen molar-refractivity contribution in [3.05, 3.63) is 57.6 Å². The molecule has 0 bridgehead atoms. The minimum absolute atomic E-state index is 0.136. The van der Waals surface area contributed by atoms with E-state index >= 15 is 0 Å². The van der Waals surface area contributed by atoms with Gasteiger partial charge in [-0.15, -0.1) is 0 Å². The number of halogens is 1. The maximum atomic E-state index is 13.9. The van der Waals surface area contributed by atoms with E-state index in [9.17, 15) is 14.0 Å². The van der Waals surface area contributed by atoms with Crippen LogP contribution in [0.1, 0.15) is 22.8 Å². The monoisotopic (exact) mass is 289 g/mol. The van der Waals surface area contributed by atoms with E-state index in [4.69, 9.17) is 5.73 Å². The summed E-state index contributed by atoms with van der Waals surface area (Å²) in [5, 5.41) is 2.80. The number of rotatable bonds is 4. The minimum Gasteiger partial charge on any atom is -0.365 e. The number of pyridine rings is 1. The standard InChI is InChI=1S/C15H16FN3O2/c1-3-19-13(20)7-5-10(14(17)21)15(19)18-12-6-4-9(2)8-11(12)16/h4-8,18H,3H2,1-2H3,(H2,17,21). The molecular weight excluding hydrogens is 273 g/mol. The van der Waals surface area contributed by atoms with Crippen molar-refractivity contribution in [2.75, 3.05) is 5.32 Å². The van der Waals surface area contributed by atoms with Gasteiger partial charge in [-0.05, 0) is 37.6 Å². The fraction of sp³-hybridized carbons (Fsp3) is 0.200. The molecule has 0 aliphatic heterocycles. The number of nitrogens with two attached hydrogens (primary N) is 1. The molecule has 0 fully saturated rings. The zero-order valence-electron chi connectivity index (χ0n) is 11.8. The number of carbonyl (C=O) groups is 1. The van der Waals surface area contributed by atoms with Crippen LogP contribution in [-0.2, 0) is 6.54 Å². The lowest BCUT2D eigenvalue weighted by molar-refractivity contribution is 0.100. The lowest BCUT2D eigenvalue weighted by Gasteiger charge is -2.16. The largest absolute Gasteiger partial charge is 0.365 e. The van der Waals surface area contributed by atoms with Crippen LogP contribution in [0.25, 0.3) is 0 Å². The molecule has 6 heteroatoms. The number of aryl methyl sites for hydroxylation is 1. The fourth-order valence-electron chi connectivity index (χ4n) is 2.08. The molecule has 1 aromatic heterocycles. The lowest BCUT2D eigenvalue weighted by atomic mass is 10.2. The van der Waals surface area contributed by atoms with Crippen LogP contribution < -0.4 is 16.6 Å². The molecule has 1 heterocycles. The smallest absolute Gasteiger partial charge is 0.252 e. The first kappa shape index (κ1) is 14.8. The van der Waals surface area contributed by atoms with Crippen molar-refractivity contribution < 1.29 is 9.18 Å². The number of aromatic nitrogens is 1. The number of amides is 1. The van der Waals surface area contributed by atoms with E-state index in [1.807, 2.05) is 0 Å². The number of carbonyl (C=O) groups excluding carboxylic acids is 1. The second kappa shape index (κ2) is 5.78. The van der Waals surface area contributed by atoms with Crippen molar-refractivity contribution in [3.63, 3.8) is 0 Å². The predicted octanol–water partition coefficient (Wildman–Crippen LogP) is 2.16. The van der Waals surface area contributed by atoms with E-state index in [1.165, 1.54) is 22.8 Å². The van der Waals surface area contributed by atoms with Gasteiger partial charge in [0.2, 0.25) is 0 Å². The average Bonchev–Trinajstić information content (AvgIpc) is 2.41. The van der Waals surface area contributed by atoms with Crippen LogP contribution in [0.15, 0.2) is 35.1 Å². The van der Waals surface area contributed by atoms with E-state index in [-0.39, 0.29) is 22.6 Å². The summed E-state index contributed by atoms with van der Waals surface area (Å²) >= 11 is 0. The number of benzene rings is 1. The van der Waals surface area contributed by atoms with Gasteiger partial charge in [0.15, 0.2) is 0 Å². The van der Waals surface area contributed by atoms with Crippen LogP contribution in [0.4, 0.5) is 15.9 Å². The number of hydrogen-bond acceptors (Lipinski definition) is 3. The first-order valence-corrected chi connectivity index (χ1v) is 6.51. The van der Waals surface area contributed by atoms with Gasteiger partial charge < -0.3 is 11.1 Å². The minimum atomic E-state index is -0.688. The van der Waals surface area contributed by atoms with Gasteiger partial charge >= 0.3 is 0 Å². The Hall–Kier alpha value is -2.63. The van der Waals surface area contributed by atoms with Gasteiger partial charge in [0, 0.05) is 12.6 Å². The molecule has 0 aliphatic rings. The van der Waals surface area contributed by atoms with Crippen LogP contribution >= 0.6 is 0 Å². The molecule has 1 aromatic carbocycles. The summed E-state index contributed by atoms with van der Waals surface area (Å²) in [5.41, 5.74) is 6.11. The lowest BCUT2D eigenvalue weighted by Crippen LogP contribution is -2.25. The van der Waals surface area contributed by atoms with Crippen LogP contribution in [0.2, 0.25) is 0 Å². The van der Waals surface area contributed by atoms with Crippen molar-refractivity contribution in [2.45, 2.75) is 20.4 Å². The third-order valence-corrected chi connectivity index (χ3v) is 3.14. The van der Waals surface area contributed by atoms with Crippen LogP contribution in [-0.4, -0.2) is 10.5 Å². The summed E-state index contributed by atoms with van der Waals surface area (Å²) in [5.74, 6) is -0.961.